The fourth-order valence-corrected chi connectivity index (χ4v) is 6.44. The molecule has 0 aliphatic carbocycles. The number of hydrogen-bond acceptors (Lipinski definition) is 4. The van der Waals surface area contributed by atoms with Crippen molar-refractivity contribution in [3.63, 3.8) is 0 Å². The summed E-state index contributed by atoms with van der Waals surface area (Å²) in [6, 6.07) is 14.3. The van der Waals surface area contributed by atoms with Crippen LogP contribution in [0.2, 0.25) is 10.0 Å². The lowest BCUT2D eigenvalue weighted by molar-refractivity contribution is -0.122. The van der Waals surface area contributed by atoms with E-state index in [0.717, 1.165) is 0 Å². The van der Waals surface area contributed by atoms with Crippen LogP contribution in [0.15, 0.2) is 60.7 Å². The van der Waals surface area contributed by atoms with E-state index in [0.29, 0.717) is 28.4 Å². The lowest BCUT2D eigenvalue weighted by Gasteiger charge is -2.37. The van der Waals surface area contributed by atoms with Gasteiger partial charge in [0.1, 0.15) is 11.2 Å². The number of amides is 3. The van der Waals surface area contributed by atoms with Crippen molar-refractivity contribution >= 4 is 52.3 Å². The Hall–Kier alpha value is -3.46. The monoisotopic (exact) mass is 582 g/mol. The number of carbonyl (C=O) groups is 3. The van der Waals surface area contributed by atoms with Gasteiger partial charge < -0.3 is 21.7 Å². The smallest absolute Gasteiger partial charge is 0.248 e. The lowest BCUT2D eigenvalue weighted by Crippen LogP contribution is -2.49. The Labute approximate surface area is 241 Å². The van der Waals surface area contributed by atoms with Crippen molar-refractivity contribution in [3.05, 3.63) is 93.2 Å². The van der Waals surface area contributed by atoms with E-state index in [1.165, 1.54) is 18.2 Å². The molecule has 2 heterocycles. The van der Waals surface area contributed by atoms with Gasteiger partial charge in [-0.25, -0.2) is 4.39 Å². The quantitative estimate of drug-likeness (QED) is 0.312. The van der Waals surface area contributed by atoms with Crippen LogP contribution in [0, 0.1) is 11.2 Å². The van der Waals surface area contributed by atoms with Crippen LogP contribution in [-0.4, -0.2) is 29.8 Å². The molecule has 0 radical (unpaired) electrons. The number of anilines is 2. The van der Waals surface area contributed by atoms with Crippen molar-refractivity contribution in [1.82, 2.24) is 5.32 Å². The minimum Gasteiger partial charge on any atom is -0.366 e. The molecule has 3 aromatic rings. The third-order valence-electron chi connectivity index (χ3n) is 7.66. The summed E-state index contributed by atoms with van der Waals surface area (Å²) >= 11 is 12.5. The van der Waals surface area contributed by atoms with Crippen molar-refractivity contribution in [1.29, 1.82) is 0 Å². The van der Waals surface area contributed by atoms with E-state index in [9.17, 15) is 14.4 Å². The minimum atomic E-state index is -1.35. The molecule has 0 unspecified atom stereocenters. The Morgan fingerprint density at radius 1 is 1.07 bits per heavy atom. The zero-order valence-corrected chi connectivity index (χ0v) is 23.7. The number of hydrogen-bond donors (Lipinski definition) is 4. The molecule has 7 nitrogen and oxygen atoms in total. The molecule has 2 aliphatic rings. The summed E-state index contributed by atoms with van der Waals surface area (Å²) < 4.78 is 15.8. The molecule has 1 saturated heterocycles. The highest BCUT2D eigenvalue weighted by Gasteiger charge is 2.66. The molecule has 4 atom stereocenters. The minimum absolute atomic E-state index is 0.108. The van der Waals surface area contributed by atoms with Crippen LogP contribution >= 0.6 is 23.2 Å². The summed E-state index contributed by atoms with van der Waals surface area (Å²) in [5.41, 5.74) is 5.74. The molecule has 5 rings (SSSR count). The summed E-state index contributed by atoms with van der Waals surface area (Å²) in [4.78, 5) is 39.6. The van der Waals surface area contributed by atoms with Gasteiger partial charge in [-0.05, 0) is 65.4 Å². The van der Waals surface area contributed by atoms with E-state index in [2.05, 4.69) is 16.0 Å². The van der Waals surface area contributed by atoms with Crippen LogP contribution in [0.5, 0.6) is 0 Å². The van der Waals surface area contributed by atoms with Crippen molar-refractivity contribution in [2.75, 3.05) is 10.6 Å². The van der Waals surface area contributed by atoms with Crippen LogP contribution in [0.4, 0.5) is 15.8 Å². The molecular formula is C30H29Cl2FN4O3. The second kappa shape index (κ2) is 10.2. The Bertz CT molecular complexity index is 1520. The first-order valence-electron chi connectivity index (χ1n) is 12.8. The zero-order valence-electron chi connectivity index (χ0n) is 22.1. The number of halogens is 3. The van der Waals surface area contributed by atoms with E-state index >= 15 is 4.39 Å². The summed E-state index contributed by atoms with van der Waals surface area (Å²) in [5, 5.41) is 9.56. The van der Waals surface area contributed by atoms with Crippen molar-refractivity contribution in [3.8, 4) is 0 Å². The van der Waals surface area contributed by atoms with Gasteiger partial charge in [0.15, 0.2) is 0 Å². The lowest BCUT2D eigenvalue weighted by atomic mass is 9.62. The van der Waals surface area contributed by atoms with Crippen LogP contribution in [0.25, 0.3) is 0 Å². The molecule has 3 aromatic carbocycles. The molecule has 1 spiro atoms. The first-order valence-corrected chi connectivity index (χ1v) is 13.6. The number of rotatable bonds is 5. The van der Waals surface area contributed by atoms with Crippen LogP contribution in [0.3, 0.4) is 0 Å². The van der Waals surface area contributed by atoms with Gasteiger partial charge in [0.05, 0.1) is 11.1 Å². The van der Waals surface area contributed by atoms with E-state index in [1.54, 1.807) is 42.5 Å². The van der Waals surface area contributed by atoms with Gasteiger partial charge in [0.25, 0.3) is 0 Å². The van der Waals surface area contributed by atoms with E-state index < -0.39 is 41.0 Å². The van der Waals surface area contributed by atoms with E-state index in [1.807, 2.05) is 20.8 Å². The van der Waals surface area contributed by atoms with Gasteiger partial charge in [-0.1, -0.05) is 62.2 Å². The third-order valence-corrected chi connectivity index (χ3v) is 8.18. The molecule has 0 bridgehead atoms. The summed E-state index contributed by atoms with van der Waals surface area (Å²) in [7, 11) is 0. The fraction of sp³-hybridized carbons (Fsp3) is 0.300. The van der Waals surface area contributed by atoms with Crippen LogP contribution < -0.4 is 21.7 Å². The number of nitrogens with two attached hydrogens (primary N) is 1. The molecular weight excluding hydrogens is 554 g/mol. The Balaban J connectivity index is 1.69. The molecule has 208 valence electrons. The summed E-state index contributed by atoms with van der Waals surface area (Å²) in [5.74, 6) is -3.07. The summed E-state index contributed by atoms with van der Waals surface area (Å²) in [6.07, 6.45) is 0.498. The maximum Gasteiger partial charge on any atom is 0.248 e. The molecule has 40 heavy (non-hydrogen) atoms. The molecule has 10 heteroatoms. The SMILES string of the molecule is CC(C)(C)C[C@H]1N[C@H](C(=O)Nc2ccc(C(N)=O)cc2)[C@@H](c2cccc(Cl)c2F)[C@@]12C(=O)Nc1cc(Cl)ccc12. The Kier molecular flexibility index (Phi) is 7.15. The maximum atomic E-state index is 15.8. The number of primary amides is 1. The zero-order chi connectivity index (χ0) is 29.0. The average molecular weight is 583 g/mol. The largest absolute Gasteiger partial charge is 0.366 e. The summed E-state index contributed by atoms with van der Waals surface area (Å²) in [6.45, 7) is 6.13. The fourth-order valence-electron chi connectivity index (χ4n) is 6.09. The first kappa shape index (κ1) is 28.1. The van der Waals surface area contributed by atoms with Crippen molar-refractivity contribution in [2.45, 2.75) is 50.6 Å². The van der Waals surface area contributed by atoms with Gasteiger partial charge in [-0.15, -0.1) is 0 Å². The number of carbonyl (C=O) groups excluding carboxylic acids is 3. The highest BCUT2D eigenvalue weighted by molar-refractivity contribution is 6.31. The molecule has 3 amide bonds. The first-order chi connectivity index (χ1) is 18.8. The van der Waals surface area contributed by atoms with Gasteiger partial charge in [-0.2, -0.15) is 0 Å². The average Bonchev–Trinajstić information content (AvgIpc) is 3.35. The van der Waals surface area contributed by atoms with Crippen LogP contribution in [0.1, 0.15) is 54.6 Å². The molecule has 0 saturated carbocycles. The molecule has 0 aromatic heterocycles. The third kappa shape index (κ3) is 4.74. The molecule has 2 aliphatic heterocycles. The van der Waals surface area contributed by atoms with Gasteiger partial charge in [0, 0.05) is 33.9 Å². The predicted molar refractivity (Wildman–Crippen MR) is 154 cm³/mol. The van der Waals surface area contributed by atoms with Gasteiger partial charge in [-0.3, -0.25) is 14.4 Å². The van der Waals surface area contributed by atoms with Crippen molar-refractivity contribution < 1.29 is 18.8 Å². The Morgan fingerprint density at radius 2 is 1.77 bits per heavy atom. The Morgan fingerprint density at radius 3 is 2.42 bits per heavy atom. The molecule has 5 N–H and O–H groups in total. The second-order valence-corrected chi connectivity index (χ2v) is 12.4. The molecule has 1 fully saturated rings. The predicted octanol–water partition coefficient (Wildman–Crippen LogP) is 5.62. The number of nitrogens with one attached hydrogen (secondary N) is 3. The topological polar surface area (TPSA) is 113 Å². The second-order valence-electron chi connectivity index (χ2n) is 11.5. The standard InChI is InChI=1S/C30H29Cl2FN4O3/c1-29(2,3)14-22-30(19-12-9-16(31)13-21(19)36-28(30)40)23(18-5-4-6-20(32)24(18)33)25(37-22)27(39)35-17-10-7-15(8-11-17)26(34)38/h4-13,22-23,25,37H,14H2,1-3H3,(H2,34,38)(H,35,39)(H,36,40)/t22-,23-,25+,30+/m1/s1. The normalized spacial score (nSPS) is 23.6. The highest BCUT2D eigenvalue weighted by atomic mass is 35.5. The highest BCUT2D eigenvalue weighted by Crippen LogP contribution is 2.57. The van der Waals surface area contributed by atoms with E-state index in [4.69, 9.17) is 28.9 Å². The van der Waals surface area contributed by atoms with Gasteiger partial charge in [0.2, 0.25) is 17.7 Å². The van der Waals surface area contributed by atoms with E-state index in [-0.39, 0.29) is 27.5 Å². The van der Waals surface area contributed by atoms with Crippen molar-refractivity contribution in [2.24, 2.45) is 11.1 Å². The van der Waals surface area contributed by atoms with Crippen LogP contribution in [-0.2, 0) is 15.0 Å². The number of benzene rings is 3. The number of fused-ring (bicyclic) bond motifs is 2. The van der Waals surface area contributed by atoms with Gasteiger partial charge >= 0.3 is 0 Å². The maximum absolute atomic E-state index is 15.8.